The Bertz CT molecular complexity index is 1410. The molecule has 0 fully saturated rings. The van der Waals surface area contributed by atoms with Gasteiger partial charge >= 0.3 is 0 Å². The number of nitrogens with one attached hydrogen (secondary N) is 2. The van der Waals surface area contributed by atoms with Crippen molar-refractivity contribution in [2.75, 3.05) is 11.3 Å². The van der Waals surface area contributed by atoms with E-state index >= 15 is 0 Å². The second-order valence-corrected chi connectivity index (χ2v) is 9.41. The Labute approximate surface area is 201 Å². The highest BCUT2D eigenvalue weighted by molar-refractivity contribution is 7.92. The highest BCUT2D eigenvalue weighted by Crippen LogP contribution is 2.20. The molecule has 35 heavy (non-hydrogen) atoms. The Morgan fingerprint density at radius 2 is 1.83 bits per heavy atom. The minimum absolute atomic E-state index is 0.00158. The Hall–Kier alpha value is -4.19. The number of carbonyl (C=O) groups excluding carboxylic acids is 2. The van der Waals surface area contributed by atoms with Gasteiger partial charge in [0.05, 0.1) is 10.9 Å². The van der Waals surface area contributed by atoms with Gasteiger partial charge in [0, 0.05) is 12.7 Å². The number of sulfonamides is 1. The van der Waals surface area contributed by atoms with E-state index in [9.17, 15) is 22.8 Å². The lowest BCUT2D eigenvalue weighted by atomic mass is 10.1. The lowest BCUT2D eigenvalue weighted by molar-refractivity contribution is -0.124. The van der Waals surface area contributed by atoms with E-state index in [0.717, 1.165) is 15.3 Å². The second kappa shape index (κ2) is 11.3. The molecule has 3 rings (SSSR count). The molecule has 2 aromatic carbocycles. The Kier molecular flexibility index (Phi) is 8.21. The van der Waals surface area contributed by atoms with Gasteiger partial charge in [0.15, 0.2) is 5.96 Å². The van der Waals surface area contributed by atoms with E-state index in [-0.39, 0.29) is 16.5 Å². The van der Waals surface area contributed by atoms with Gasteiger partial charge in [-0.1, -0.05) is 30.3 Å². The summed E-state index contributed by atoms with van der Waals surface area (Å²) in [5.41, 5.74) is 9.57. The Morgan fingerprint density at radius 1 is 1.09 bits per heavy atom. The molecule has 1 atom stereocenters. The molecule has 1 amide bonds. The number of aromatic nitrogens is 1. The predicted molar refractivity (Wildman–Crippen MR) is 133 cm³/mol. The van der Waals surface area contributed by atoms with Gasteiger partial charge in [-0.3, -0.25) is 19.3 Å². The molecule has 3 aromatic rings. The van der Waals surface area contributed by atoms with Crippen LogP contribution in [0.1, 0.15) is 12.8 Å². The Morgan fingerprint density at radius 3 is 2.54 bits per heavy atom. The van der Waals surface area contributed by atoms with Gasteiger partial charge in [-0.25, -0.2) is 8.42 Å². The summed E-state index contributed by atoms with van der Waals surface area (Å²) in [6.07, 6.45) is 2.72. The van der Waals surface area contributed by atoms with Crippen molar-refractivity contribution < 1.29 is 18.0 Å². The number of nitrogens with zero attached hydrogens (tertiary/aromatic N) is 2. The third kappa shape index (κ3) is 6.90. The third-order valence-corrected chi connectivity index (χ3v) is 6.45. The maximum absolute atomic E-state index is 12.9. The van der Waals surface area contributed by atoms with Crippen LogP contribution in [0.3, 0.4) is 0 Å². The van der Waals surface area contributed by atoms with Gasteiger partial charge in [-0.2, -0.15) is 0 Å². The van der Waals surface area contributed by atoms with Crippen LogP contribution in [0.15, 0.2) is 75.5 Å². The van der Waals surface area contributed by atoms with Crippen LogP contribution < -0.4 is 27.1 Å². The van der Waals surface area contributed by atoms with Crippen LogP contribution in [0, 0.1) is 0 Å². The van der Waals surface area contributed by atoms with E-state index in [0.29, 0.717) is 25.7 Å². The van der Waals surface area contributed by atoms with Crippen molar-refractivity contribution in [2.45, 2.75) is 30.3 Å². The van der Waals surface area contributed by atoms with Crippen LogP contribution in [-0.2, 0) is 26.2 Å². The minimum atomic E-state index is -4.05. The smallest absolute Gasteiger partial charge is 0.275 e. The van der Waals surface area contributed by atoms with Crippen molar-refractivity contribution in [3.8, 4) is 0 Å². The number of amides is 1. The van der Waals surface area contributed by atoms with Crippen molar-refractivity contribution in [3.05, 3.63) is 71.1 Å². The highest BCUT2D eigenvalue weighted by Gasteiger charge is 2.18. The summed E-state index contributed by atoms with van der Waals surface area (Å²) in [6, 6.07) is 13.9. The molecular weight excluding hydrogens is 472 g/mol. The second-order valence-electron chi connectivity index (χ2n) is 7.73. The molecule has 0 saturated carbocycles. The average Bonchev–Trinajstić information content (AvgIpc) is 2.83. The first-order chi connectivity index (χ1) is 16.7. The van der Waals surface area contributed by atoms with Crippen LogP contribution in [0.25, 0.3) is 10.8 Å². The lowest BCUT2D eigenvalue weighted by Crippen LogP contribution is -2.40. The van der Waals surface area contributed by atoms with Gasteiger partial charge < -0.3 is 26.1 Å². The first-order valence-electron chi connectivity index (χ1n) is 10.7. The van der Waals surface area contributed by atoms with Crippen molar-refractivity contribution in [1.82, 2.24) is 9.88 Å². The number of guanidine groups is 1. The van der Waals surface area contributed by atoms with Crippen LogP contribution >= 0.6 is 0 Å². The highest BCUT2D eigenvalue weighted by atomic mass is 32.2. The predicted octanol–water partition coefficient (Wildman–Crippen LogP) is 0.540. The van der Waals surface area contributed by atoms with Crippen molar-refractivity contribution >= 4 is 44.6 Å². The fourth-order valence-corrected chi connectivity index (χ4v) is 4.47. The van der Waals surface area contributed by atoms with Gasteiger partial charge in [0.25, 0.3) is 15.6 Å². The molecule has 1 aromatic heterocycles. The minimum Gasteiger partial charge on any atom is -0.370 e. The van der Waals surface area contributed by atoms with Crippen molar-refractivity contribution in [2.24, 2.45) is 16.5 Å². The molecule has 0 aliphatic rings. The number of rotatable bonds is 11. The maximum Gasteiger partial charge on any atom is 0.275 e. The molecule has 6 N–H and O–H groups in total. The molecule has 0 aliphatic carbocycles. The summed E-state index contributed by atoms with van der Waals surface area (Å²) in [5, 5.41) is 4.14. The zero-order valence-electron chi connectivity index (χ0n) is 18.8. The fraction of sp³-hybridized carbons (Fsp3) is 0.217. The first kappa shape index (κ1) is 25.4. The third-order valence-electron chi connectivity index (χ3n) is 5.09. The normalized spacial score (nSPS) is 12.0. The van der Waals surface area contributed by atoms with Gasteiger partial charge in [-0.15, -0.1) is 0 Å². The molecule has 0 radical (unpaired) electrons. The first-order valence-corrected chi connectivity index (χ1v) is 12.2. The topological polar surface area (TPSA) is 179 Å². The van der Waals surface area contributed by atoms with E-state index in [2.05, 4.69) is 15.0 Å². The molecule has 0 aliphatic heterocycles. The summed E-state index contributed by atoms with van der Waals surface area (Å²) < 4.78 is 29.1. The molecule has 0 bridgehead atoms. The van der Waals surface area contributed by atoms with Crippen LogP contribution in [0.4, 0.5) is 5.69 Å². The SMILES string of the molecule is NC(N)=NCCC[C@@H](C=O)NC(=O)Cn1cccc(NS(=O)(=O)c2ccc3ccccc3c2)c1=O. The number of pyridine rings is 1. The average molecular weight is 499 g/mol. The van der Waals surface area contributed by atoms with E-state index in [4.69, 9.17) is 11.5 Å². The number of fused-ring (bicyclic) bond motifs is 1. The van der Waals surface area contributed by atoms with E-state index < -0.39 is 34.1 Å². The van der Waals surface area contributed by atoms with Gasteiger partial charge in [0.1, 0.15) is 18.5 Å². The van der Waals surface area contributed by atoms with E-state index in [1.165, 1.54) is 30.5 Å². The summed E-state index contributed by atoms with van der Waals surface area (Å²) >= 11 is 0. The largest absolute Gasteiger partial charge is 0.370 e. The molecular formula is C23H26N6O5S. The number of hydrogen-bond acceptors (Lipinski definition) is 6. The van der Waals surface area contributed by atoms with Crippen LogP contribution in [0.2, 0.25) is 0 Å². The zero-order valence-corrected chi connectivity index (χ0v) is 19.6. The molecule has 1 heterocycles. The van der Waals surface area contributed by atoms with Crippen molar-refractivity contribution in [3.63, 3.8) is 0 Å². The standard InChI is InChI=1S/C23H26N6O5S/c24-23(25)26-11-3-7-18(15-30)27-21(31)14-29-12-4-8-20(22(29)32)28-35(33,34)19-10-9-16-5-1-2-6-17(16)13-19/h1-2,4-6,8-10,12-13,15,18,28H,3,7,11,14H2,(H,27,31)(H4,24,25,26)/t18-/m0/s1. The van der Waals surface area contributed by atoms with E-state index in [1.54, 1.807) is 18.2 Å². The number of benzene rings is 2. The Balaban J connectivity index is 1.69. The molecule has 11 nitrogen and oxygen atoms in total. The number of aliphatic imine (C=N–C) groups is 1. The lowest BCUT2D eigenvalue weighted by Gasteiger charge is -2.14. The number of anilines is 1. The number of nitrogens with two attached hydrogens (primary N) is 2. The summed E-state index contributed by atoms with van der Waals surface area (Å²) in [7, 11) is -4.05. The number of aldehydes is 1. The van der Waals surface area contributed by atoms with Crippen molar-refractivity contribution in [1.29, 1.82) is 0 Å². The summed E-state index contributed by atoms with van der Waals surface area (Å²) in [4.78, 5) is 40.3. The molecule has 0 saturated heterocycles. The molecule has 0 unspecified atom stereocenters. The summed E-state index contributed by atoms with van der Waals surface area (Å²) in [6.45, 7) is -0.0932. The van der Waals surface area contributed by atoms with Crippen LogP contribution in [-0.4, -0.2) is 43.7 Å². The molecule has 184 valence electrons. The molecule has 12 heteroatoms. The number of carbonyl (C=O) groups is 2. The van der Waals surface area contributed by atoms with Crippen LogP contribution in [0.5, 0.6) is 0 Å². The monoisotopic (exact) mass is 498 g/mol. The zero-order chi connectivity index (χ0) is 25.4. The van der Waals surface area contributed by atoms with E-state index in [1.807, 2.05) is 12.1 Å². The van der Waals surface area contributed by atoms with Gasteiger partial charge in [0.2, 0.25) is 5.91 Å². The fourth-order valence-electron chi connectivity index (χ4n) is 3.38. The molecule has 0 spiro atoms. The number of hydrogen-bond donors (Lipinski definition) is 4. The summed E-state index contributed by atoms with van der Waals surface area (Å²) in [5.74, 6) is -0.646. The van der Waals surface area contributed by atoms with Gasteiger partial charge in [-0.05, 0) is 47.9 Å². The quantitative estimate of drug-likeness (QED) is 0.129. The maximum atomic E-state index is 12.9.